The normalized spacial score (nSPS) is 23.1. The van der Waals surface area contributed by atoms with Gasteiger partial charge < -0.3 is 18.9 Å². The Labute approximate surface area is 340 Å². The lowest BCUT2D eigenvalue weighted by atomic mass is 9.75. The quantitative estimate of drug-likeness (QED) is 0.133. The third kappa shape index (κ3) is 10.1. The van der Waals surface area contributed by atoms with Crippen LogP contribution in [0.5, 0.6) is 11.5 Å². The Balaban J connectivity index is 1.57. The van der Waals surface area contributed by atoms with Crippen molar-refractivity contribution in [3.05, 3.63) is 67.6 Å². The molecule has 0 amide bonds. The van der Waals surface area contributed by atoms with E-state index in [4.69, 9.17) is 18.9 Å². The van der Waals surface area contributed by atoms with Crippen molar-refractivity contribution >= 4 is 43.8 Å². The second-order valence-electron chi connectivity index (χ2n) is 17.0. The Morgan fingerprint density at radius 2 is 1.00 bits per heavy atom. The second kappa shape index (κ2) is 18.6. The molecule has 0 bridgehead atoms. The number of carbonyl (C=O) groups is 2. The molecule has 6 nitrogen and oxygen atoms in total. The van der Waals surface area contributed by atoms with Crippen molar-refractivity contribution in [2.45, 2.75) is 120 Å². The maximum absolute atomic E-state index is 13.9. The number of carbonyl (C=O) groups excluding carboxylic acids is 2. The zero-order valence-electron chi connectivity index (χ0n) is 33.9. The molecule has 8 heteroatoms. The number of hydrogen-bond donors (Lipinski definition) is 0. The smallest absolute Gasteiger partial charge is 0.337 e. The van der Waals surface area contributed by atoms with Crippen LogP contribution in [0.25, 0.3) is 22.3 Å². The number of halogens is 2. The fraction of sp³-hybridized carbons (Fsp3) is 0.565. The van der Waals surface area contributed by atoms with E-state index in [1.807, 2.05) is 52.0 Å². The molecule has 6 atom stereocenters. The Hall–Kier alpha value is -2.52. The van der Waals surface area contributed by atoms with Crippen molar-refractivity contribution in [2.24, 2.45) is 35.5 Å². The molecule has 0 unspecified atom stereocenters. The summed E-state index contributed by atoms with van der Waals surface area (Å²) in [6.45, 7) is 21.2. The molecule has 0 aromatic heterocycles. The molecule has 5 rings (SSSR count). The van der Waals surface area contributed by atoms with Crippen LogP contribution in [0.1, 0.15) is 102 Å². The second-order valence-corrected chi connectivity index (χ2v) is 18.6. The Bertz CT molecular complexity index is 1680. The molecule has 54 heavy (non-hydrogen) atoms. The van der Waals surface area contributed by atoms with Crippen molar-refractivity contribution in [2.75, 3.05) is 13.2 Å². The van der Waals surface area contributed by atoms with E-state index in [1.165, 1.54) is 12.8 Å². The van der Waals surface area contributed by atoms with Crippen molar-refractivity contribution in [3.63, 3.8) is 0 Å². The lowest BCUT2D eigenvalue weighted by Gasteiger charge is -2.37. The van der Waals surface area contributed by atoms with Gasteiger partial charge in [-0.1, -0.05) is 102 Å². The summed E-state index contributed by atoms with van der Waals surface area (Å²) in [4.78, 5) is 27.7. The van der Waals surface area contributed by atoms with Gasteiger partial charge in [-0.3, -0.25) is 0 Å². The molecule has 3 aromatic carbocycles. The Morgan fingerprint density at radius 1 is 0.630 bits per heavy atom. The van der Waals surface area contributed by atoms with Crippen LogP contribution < -0.4 is 9.47 Å². The van der Waals surface area contributed by atoms with Crippen LogP contribution in [-0.4, -0.2) is 37.4 Å². The number of benzene rings is 3. The average Bonchev–Trinajstić information content (AvgIpc) is 3.09. The van der Waals surface area contributed by atoms with E-state index >= 15 is 0 Å². The van der Waals surface area contributed by atoms with Crippen LogP contribution >= 0.6 is 31.9 Å². The molecule has 294 valence electrons. The Morgan fingerprint density at radius 3 is 1.33 bits per heavy atom. The van der Waals surface area contributed by atoms with E-state index in [0.717, 1.165) is 59.1 Å². The first-order valence-corrected chi connectivity index (χ1v) is 21.5. The highest BCUT2D eigenvalue weighted by Gasteiger charge is 2.35. The van der Waals surface area contributed by atoms with Crippen molar-refractivity contribution < 1.29 is 28.5 Å². The molecule has 2 fully saturated rings. The standard InChI is InChI=1S/C46H60Br2O6/c1-25(2)33-15-11-29(7)21-37(33)51-23-39(49)53-45-41(35-17-13-27(5)19-31(35)9)44(48)46(42(43(45)47)36-18-14-28(6)20-32(36)10)54-40(50)24-52-38-22-30(8)12-16-34(38)26(3)4/h13-14,17-20,25-26,29-30,33-34,37-38H,11-12,15-16,21-24H2,1-10H3/t29-,30+,33+,34-,37-,38+. The van der Waals surface area contributed by atoms with Gasteiger partial charge in [0.2, 0.25) is 0 Å². The van der Waals surface area contributed by atoms with Crippen LogP contribution in [0.2, 0.25) is 0 Å². The average molecular weight is 869 g/mol. The van der Waals surface area contributed by atoms with E-state index < -0.39 is 11.9 Å². The first-order valence-electron chi connectivity index (χ1n) is 19.9. The number of aryl methyl sites for hydroxylation is 4. The van der Waals surface area contributed by atoms with E-state index in [9.17, 15) is 9.59 Å². The first kappa shape index (κ1) is 42.6. The summed E-state index contributed by atoms with van der Waals surface area (Å²) < 4.78 is 26.5. The highest BCUT2D eigenvalue weighted by atomic mass is 79.9. The van der Waals surface area contributed by atoms with Crippen LogP contribution in [0.4, 0.5) is 0 Å². The van der Waals surface area contributed by atoms with Crippen LogP contribution in [0.3, 0.4) is 0 Å². The molecule has 3 aromatic rings. The largest absolute Gasteiger partial charge is 0.423 e. The van der Waals surface area contributed by atoms with Crippen LogP contribution in [0.15, 0.2) is 45.3 Å². The SMILES string of the molecule is Cc1ccc(-c2c(Br)c(OC(=O)CO[C@@H]3C[C@H](C)CC[C@H]3C(C)C)c(-c3ccc(C)cc3C)c(Br)c2OC(=O)CO[C@H]2C[C@@H](C)CC[C@@H]2C(C)C)c(C)c1. The molecule has 0 saturated heterocycles. The van der Waals surface area contributed by atoms with Gasteiger partial charge in [0, 0.05) is 11.1 Å². The third-order valence-corrected chi connectivity index (χ3v) is 13.3. The molecule has 0 spiro atoms. The summed E-state index contributed by atoms with van der Waals surface area (Å²) in [5, 5.41) is 0. The summed E-state index contributed by atoms with van der Waals surface area (Å²) in [6.07, 6.45) is 6.39. The van der Waals surface area contributed by atoms with Crippen molar-refractivity contribution in [3.8, 4) is 33.8 Å². The zero-order chi connectivity index (χ0) is 39.4. The van der Waals surface area contributed by atoms with E-state index in [0.29, 0.717) is 67.1 Å². The minimum Gasteiger partial charge on any atom is -0.423 e. The van der Waals surface area contributed by atoms with Gasteiger partial charge in [-0.05, 0) is 143 Å². The lowest BCUT2D eigenvalue weighted by molar-refractivity contribution is -0.145. The van der Waals surface area contributed by atoms with Gasteiger partial charge in [-0.25, -0.2) is 9.59 Å². The van der Waals surface area contributed by atoms with E-state index in [-0.39, 0.29) is 25.4 Å². The summed E-state index contributed by atoms with van der Waals surface area (Å²) in [6, 6.07) is 12.3. The zero-order valence-corrected chi connectivity index (χ0v) is 37.1. The minimum atomic E-state index is -0.486. The summed E-state index contributed by atoms with van der Waals surface area (Å²) >= 11 is 7.79. The molecule has 0 radical (unpaired) electrons. The summed E-state index contributed by atoms with van der Waals surface area (Å²) in [5.41, 5.74) is 7.08. The van der Waals surface area contributed by atoms with Gasteiger partial charge in [0.25, 0.3) is 0 Å². The molecule has 0 aliphatic heterocycles. The molecule has 0 N–H and O–H groups in total. The van der Waals surface area contributed by atoms with Gasteiger partial charge in [0.1, 0.15) is 13.2 Å². The number of hydrogen-bond acceptors (Lipinski definition) is 6. The lowest BCUT2D eigenvalue weighted by Crippen LogP contribution is -2.36. The van der Waals surface area contributed by atoms with E-state index in [1.54, 1.807) is 0 Å². The summed E-state index contributed by atoms with van der Waals surface area (Å²) in [7, 11) is 0. The fourth-order valence-electron chi connectivity index (χ4n) is 8.76. The fourth-order valence-corrected chi connectivity index (χ4v) is 10.1. The highest BCUT2D eigenvalue weighted by molar-refractivity contribution is 9.11. The number of ether oxygens (including phenoxy) is 4. The topological polar surface area (TPSA) is 71.1 Å². The van der Waals surface area contributed by atoms with Gasteiger partial charge in [0.15, 0.2) is 11.5 Å². The molecule has 2 aliphatic rings. The highest BCUT2D eigenvalue weighted by Crippen LogP contribution is 2.55. The number of rotatable bonds is 12. The third-order valence-electron chi connectivity index (χ3n) is 11.8. The predicted molar refractivity (Wildman–Crippen MR) is 225 cm³/mol. The molecule has 2 saturated carbocycles. The maximum atomic E-state index is 13.9. The molecular weight excluding hydrogens is 808 g/mol. The summed E-state index contributed by atoms with van der Waals surface area (Å²) in [5.74, 6) is 2.51. The Kier molecular flexibility index (Phi) is 14.7. The molecule has 0 heterocycles. The first-order chi connectivity index (χ1) is 25.5. The number of esters is 2. The van der Waals surface area contributed by atoms with Crippen LogP contribution in [0, 0.1) is 63.2 Å². The van der Waals surface area contributed by atoms with E-state index in [2.05, 4.69) is 85.5 Å². The maximum Gasteiger partial charge on any atom is 0.337 e. The van der Waals surface area contributed by atoms with Gasteiger partial charge >= 0.3 is 11.9 Å². The molecular formula is C46H60Br2O6. The predicted octanol–water partition coefficient (Wildman–Crippen LogP) is 12.5. The van der Waals surface area contributed by atoms with Crippen molar-refractivity contribution in [1.82, 2.24) is 0 Å². The van der Waals surface area contributed by atoms with Crippen LogP contribution in [-0.2, 0) is 19.1 Å². The van der Waals surface area contributed by atoms with Gasteiger partial charge in [-0.15, -0.1) is 0 Å². The molecule has 2 aliphatic carbocycles. The van der Waals surface area contributed by atoms with Gasteiger partial charge in [-0.2, -0.15) is 0 Å². The van der Waals surface area contributed by atoms with Gasteiger partial charge in [0.05, 0.1) is 21.2 Å². The minimum absolute atomic E-state index is 0.00212. The monoisotopic (exact) mass is 866 g/mol. The van der Waals surface area contributed by atoms with Crippen molar-refractivity contribution in [1.29, 1.82) is 0 Å².